The minimum Gasteiger partial charge on any atom is -0.506 e. The van der Waals surface area contributed by atoms with E-state index >= 15 is 0 Å². The lowest BCUT2D eigenvalue weighted by Gasteiger charge is -2.24. The van der Waals surface area contributed by atoms with E-state index in [0.717, 1.165) is 33.8 Å². The van der Waals surface area contributed by atoms with E-state index in [-0.39, 0.29) is 35.7 Å². The Kier molecular flexibility index (Phi) is 12.7. The van der Waals surface area contributed by atoms with Crippen LogP contribution in [0.4, 0.5) is 23.2 Å². The number of anilines is 1. The molecule has 0 atom stereocenters. The predicted octanol–water partition coefficient (Wildman–Crippen LogP) is 8.99. The van der Waals surface area contributed by atoms with Crippen LogP contribution in [0.5, 0.6) is 17.2 Å². The van der Waals surface area contributed by atoms with Crippen molar-refractivity contribution in [2.24, 2.45) is 0 Å². The summed E-state index contributed by atoms with van der Waals surface area (Å²) < 4.78 is 71.4. The van der Waals surface area contributed by atoms with E-state index in [0.29, 0.717) is 28.7 Å². The van der Waals surface area contributed by atoms with Crippen molar-refractivity contribution in [3.8, 4) is 22.9 Å². The number of Topliss-reactive ketones (excluding diaryl/α,β-unsaturated/α-hetero) is 1. The summed E-state index contributed by atoms with van der Waals surface area (Å²) in [4.78, 5) is 50.4. The van der Waals surface area contributed by atoms with E-state index in [9.17, 15) is 41.8 Å². The van der Waals surface area contributed by atoms with E-state index in [1.165, 1.54) is 44.2 Å². The number of hydrogen-bond donors (Lipinski definition) is 2. The summed E-state index contributed by atoms with van der Waals surface area (Å²) in [6.07, 6.45) is 2.53. The van der Waals surface area contributed by atoms with Crippen molar-refractivity contribution in [2.45, 2.75) is 13.8 Å². The number of nitrogen functional groups attached to an aromatic ring is 1. The van der Waals surface area contributed by atoms with E-state index in [4.69, 9.17) is 19.9 Å². The number of aromatic nitrogens is 1. The standard InChI is InChI=1S/C22H14FNO4.C14H14F3NO3.C10H9NO/c1-2-27-22(26)15-11-24-17-9-12-5-3-4-6-13(12)10-18(17)28-21-16(23)8-7-14(19(21)24)20(15)25;1-4-21-14(20)9(7-18(2)3)13(19)8-5-6-10(15)12(17)11(8)16;11-9-5-7-3-1-2-4-8(7)6-10(9)12/h3-11H,2H2,1H3;5-7H,4H2,1-3H3;1-6,12H,11H2/b;9-7-;. The number of phenols is 1. The first-order valence-electron chi connectivity index (χ1n) is 18.6. The number of ketones is 1. The molecule has 0 unspecified atom stereocenters. The number of hydrogen-bond acceptors (Lipinski definition) is 10. The number of carbonyl (C=O) groups excluding carboxylic acids is 3. The average Bonchev–Trinajstić information content (AvgIpc) is 3.23. The van der Waals surface area contributed by atoms with Crippen molar-refractivity contribution < 1.29 is 51.3 Å². The molecule has 0 fully saturated rings. The number of nitrogens with zero attached hydrogens (tertiary/aromatic N) is 2. The van der Waals surface area contributed by atoms with Gasteiger partial charge in [0.1, 0.15) is 22.4 Å². The number of carbonyl (C=O) groups is 3. The molecular weight excluding hydrogens is 799 g/mol. The van der Waals surface area contributed by atoms with Crippen molar-refractivity contribution in [3.63, 3.8) is 0 Å². The third kappa shape index (κ3) is 8.85. The molecule has 2 heterocycles. The Morgan fingerprint density at radius 1 is 0.770 bits per heavy atom. The van der Waals surface area contributed by atoms with Gasteiger partial charge in [0, 0.05) is 26.5 Å². The highest BCUT2D eigenvalue weighted by Crippen LogP contribution is 2.42. The topological polar surface area (TPSA) is 150 Å². The second-order valence-electron chi connectivity index (χ2n) is 13.5. The SMILES string of the molecule is CCOC(=O)/C(=C\N(C)C)C(=O)c1ccc(F)c(F)c1F.CCOC(=O)c1cn2c3c(c(F)ccc3c1=O)Oc1cc3ccccc3cc1-2.Nc1cc2ccccc2cc1O. The molecule has 1 aromatic heterocycles. The molecule has 312 valence electrons. The van der Waals surface area contributed by atoms with Crippen LogP contribution in [0.15, 0.2) is 120 Å². The molecule has 7 aromatic rings. The van der Waals surface area contributed by atoms with Crippen LogP contribution < -0.4 is 15.9 Å². The van der Waals surface area contributed by atoms with Crippen LogP contribution in [0.2, 0.25) is 0 Å². The largest absolute Gasteiger partial charge is 0.506 e. The number of rotatable bonds is 7. The molecule has 0 saturated carbocycles. The number of aromatic hydroxyl groups is 1. The molecule has 0 radical (unpaired) electrons. The molecule has 0 spiro atoms. The molecule has 0 aliphatic carbocycles. The predicted molar refractivity (Wildman–Crippen MR) is 222 cm³/mol. The van der Waals surface area contributed by atoms with E-state index in [2.05, 4.69) is 0 Å². The molecule has 3 N–H and O–H groups in total. The van der Waals surface area contributed by atoms with Gasteiger partial charge in [-0.25, -0.2) is 27.2 Å². The highest BCUT2D eigenvalue weighted by Gasteiger charge is 2.28. The summed E-state index contributed by atoms with van der Waals surface area (Å²) in [5, 5.41) is 13.4. The van der Waals surface area contributed by atoms with Gasteiger partial charge < -0.3 is 34.5 Å². The van der Waals surface area contributed by atoms with Gasteiger partial charge in [0.25, 0.3) is 0 Å². The first-order chi connectivity index (χ1) is 29.1. The maximum absolute atomic E-state index is 14.5. The molecule has 0 saturated heterocycles. The zero-order chi connectivity index (χ0) is 44.1. The maximum atomic E-state index is 14.5. The van der Waals surface area contributed by atoms with Crippen molar-refractivity contribution in [3.05, 3.63) is 160 Å². The monoisotopic (exact) mass is 835 g/mol. The maximum Gasteiger partial charge on any atom is 0.343 e. The molecule has 8 rings (SSSR count). The van der Waals surface area contributed by atoms with Crippen LogP contribution in [-0.4, -0.2) is 59.6 Å². The molecule has 1 aliphatic heterocycles. The van der Waals surface area contributed by atoms with E-state index < -0.39 is 57.6 Å². The highest BCUT2D eigenvalue weighted by atomic mass is 19.2. The number of esters is 2. The Morgan fingerprint density at radius 2 is 1.36 bits per heavy atom. The molecule has 0 amide bonds. The number of halogens is 4. The first-order valence-corrected chi connectivity index (χ1v) is 18.6. The van der Waals surface area contributed by atoms with Gasteiger partial charge >= 0.3 is 11.9 Å². The third-order valence-corrected chi connectivity index (χ3v) is 9.17. The Balaban J connectivity index is 0.000000166. The summed E-state index contributed by atoms with van der Waals surface area (Å²) in [6.45, 7) is 3.36. The molecule has 61 heavy (non-hydrogen) atoms. The van der Waals surface area contributed by atoms with E-state index in [1.54, 1.807) is 23.6 Å². The summed E-state index contributed by atoms with van der Waals surface area (Å²) in [6, 6.07) is 26.5. The summed E-state index contributed by atoms with van der Waals surface area (Å²) in [5.41, 5.74) is 5.03. The van der Waals surface area contributed by atoms with Crippen LogP contribution >= 0.6 is 0 Å². The second-order valence-corrected chi connectivity index (χ2v) is 13.5. The van der Waals surface area contributed by atoms with Crippen molar-refractivity contribution in [1.29, 1.82) is 0 Å². The molecule has 1 aliphatic rings. The Bertz CT molecular complexity index is 2920. The van der Waals surface area contributed by atoms with Gasteiger partial charge in [-0.15, -0.1) is 0 Å². The van der Waals surface area contributed by atoms with Gasteiger partial charge in [0.2, 0.25) is 11.2 Å². The minimum atomic E-state index is -1.77. The Labute approximate surface area is 345 Å². The third-order valence-electron chi connectivity index (χ3n) is 9.17. The smallest absolute Gasteiger partial charge is 0.343 e. The van der Waals surface area contributed by atoms with Gasteiger partial charge in [-0.1, -0.05) is 48.5 Å². The first kappa shape index (κ1) is 42.9. The normalized spacial score (nSPS) is 11.4. The van der Waals surface area contributed by atoms with Gasteiger partial charge in [0.15, 0.2) is 34.8 Å². The Hall–Kier alpha value is -7.68. The molecular formula is C46H37F4N3O8. The number of pyridine rings is 1. The fourth-order valence-electron chi connectivity index (χ4n) is 6.36. The lowest BCUT2D eigenvalue weighted by molar-refractivity contribution is -0.138. The zero-order valence-corrected chi connectivity index (χ0v) is 33.1. The van der Waals surface area contributed by atoms with Gasteiger partial charge in [-0.2, -0.15) is 0 Å². The van der Waals surface area contributed by atoms with Gasteiger partial charge in [-0.3, -0.25) is 9.59 Å². The number of benzene rings is 6. The van der Waals surface area contributed by atoms with Crippen LogP contribution in [0, 0.1) is 23.3 Å². The number of fused-ring (bicyclic) bond motifs is 4. The number of nitrogens with two attached hydrogens (primary N) is 1. The minimum absolute atomic E-state index is 0.0111. The van der Waals surface area contributed by atoms with Crippen LogP contribution in [0.1, 0.15) is 34.6 Å². The van der Waals surface area contributed by atoms with E-state index in [1.807, 2.05) is 60.7 Å². The lowest BCUT2D eigenvalue weighted by atomic mass is 10.0. The zero-order valence-electron chi connectivity index (χ0n) is 33.1. The lowest BCUT2D eigenvalue weighted by Crippen LogP contribution is -2.22. The van der Waals surface area contributed by atoms with Gasteiger partial charge in [0.05, 0.1) is 35.5 Å². The summed E-state index contributed by atoms with van der Waals surface area (Å²) >= 11 is 0. The van der Waals surface area contributed by atoms with Crippen LogP contribution in [0.3, 0.4) is 0 Å². The molecule has 6 aromatic carbocycles. The number of ether oxygens (including phenoxy) is 3. The fourth-order valence-corrected chi connectivity index (χ4v) is 6.36. The summed E-state index contributed by atoms with van der Waals surface area (Å²) in [7, 11) is 3.07. The van der Waals surface area contributed by atoms with Crippen LogP contribution in [0.25, 0.3) is 38.1 Å². The quantitative estimate of drug-likeness (QED) is 0.0183. The Morgan fingerprint density at radius 3 is 1.98 bits per heavy atom. The number of phenolic OH excluding ortho intramolecular Hbond substituents is 1. The highest BCUT2D eigenvalue weighted by molar-refractivity contribution is 6.24. The fraction of sp³-hybridized carbons (Fsp3) is 0.130. The second kappa shape index (κ2) is 18.1. The molecule has 11 nitrogen and oxygen atoms in total. The van der Waals surface area contributed by atoms with Crippen LogP contribution in [-0.2, 0) is 14.3 Å². The van der Waals surface area contributed by atoms with Crippen molar-refractivity contribution in [1.82, 2.24) is 9.47 Å². The van der Waals surface area contributed by atoms with Crippen molar-refractivity contribution in [2.75, 3.05) is 33.0 Å². The summed E-state index contributed by atoms with van der Waals surface area (Å²) in [5.74, 6) is -7.63. The molecule has 15 heteroatoms. The van der Waals surface area contributed by atoms with Crippen molar-refractivity contribution >= 4 is 55.9 Å². The average molecular weight is 836 g/mol. The molecule has 0 bridgehead atoms. The van der Waals surface area contributed by atoms with Gasteiger partial charge in [-0.05, 0) is 83.9 Å².